The second-order valence-corrected chi connectivity index (χ2v) is 7.72. The average molecular weight is 470 g/mol. The number of carbonyl (C=O) groups excluding carboxylic acids is 1. The number of guanidine groups is 1. The molecule has 7 nitrogen and oxygen atoms in total. The molecule has 2 heterocycles. The number of nitrogens with two attached hydrogens (primary N) is 1. The van der Waals surface area contributed by atoms with E-state index in [9.17, 15) is 18.0 Å². The van der Waals surface area contributed by atoms with E-state index in [0.29, 0.717) is 17.1 Å². The summed E-state index contributed by atoms with van der Waals surface area (Å²) in [6.45, 7) is 2.44. The molecular formula is C24H25F3N6O. The maximum Gasteiger partial charge on any atom is 0.272 e. The minimum absolute atomic E-state index is 0.0284. The van der Waals surface area contributed by atoms with Crippen molar-refractivity contribution in [3.63, 3.8) is 0 Å². The van der Waals surface area contributed by atoms with Gasteiger partial charge in [0, 0.05) is 37.5 Å². The zero-order valence-electron chi connectivity index (χ0n) is 19.0. The molecule has 10 heteroatoms. The molecule has 1 atom stereocenters. The maximum absolute atomic E-state index is 14.5. The summed E-state index contributed by atoms with van der Waals surface area (Å²) in [6.07, 6.45) is 2.44. The Morgan fingerprint density at radius 3 is 2.44 bits per heavy atom. The predicted octanol–water partition coefficient (Wildman–Crippen LogP) is 4.49. The van der Waals surface area contributed by atoms with Crippen LogP contribution in [-0.2, 0) is 12.5 Å². The number of alkyl halides is 2. The van der Waals surface area contributed by atoms with Crippen LogP contribution in [0.25, 0.3) is 0 Å². The van der Waals surface area contributed by atoms with Gasteiger partial charge in [-0.1, -0.05) is 18.2 Å². The molecule has 1 aromatic carbocycles. The number of aliphatic imine (C=N–C) groups is 1. The number of aromatic nitrogens is 2. The van der Waals surface area contributed by atoms with Crippen LogP contribution < -0.4 is 11.1 Å². The lowest BCUT2D eigenvalue weighted by Crippen LogP contribution is -2.34. The molecule has 3 N–H and O–H groups in total. The van der Waals surface area contributed by atoms with Gasteiger partial charge < -0.3 is 16.0 Å². The van der Waals surface area contributed by atoms with Crippen molar-refractivity contribution in [1.82, 2.24) is 14.9 Å². The Morgan fingerprint density at radius 1 is 1.15 bits per heavy atom. The smallest absolute Gasteiger partial charge is 0.272 e. The predicted molar refractivity (Wildman–Crippen MR) is 124 cm³/mol. The van der Waals surface area contributed by atoms with Crippen molar-refractivity contribution in [2.75, 3.05) is 12.4 Å². The number of halogens is 3. The highest BCUT2D eigenvalue weighted by Gasteiger charge is 2.27. The number of nitrogens with one attached hydrogen (secondary N) is 1. The Kier molecular flexibility index (Phi) is 7.50. The SMILES string of the molecule is CN=C(N)Nc1ccc(C(=O)N(Cc2ccc(C(C)(F)F)cn2)[C@H](C)c2ccccc2F)cn1. The molecule has 0 spiro atoms. The molecule has 3 rings (SSSR count). The van der Waals surface area contributed by atoms with Crippen molar-refractivity contribution < 1.29 is 18.0 Å². The molecule has 0 aliphatic heterocycles. The van der Waals surface area contributed by atoms with Crippen molar-refractivity contribution in [2.24, 2.45) is 10.7 Å². The third kappa shape index (κ3) is 5.89. The Hall–Kier alpha value is -3.95. The fourth-order valence-corrected chi connectivity index (χ4v) is 3.27. The number of hydrogen-bond acceptors (Lipinski definition) is 4. The minimum atomic E-state index is -3.03. The molecule has 2 aromatic heterocycles. The Bertz CT molecular complexity index is 1160. The fourth-order valence-electron chi connectivity index (χ4n) is 3.27. The molecule has 0 unspecified atom stereocenters. The number of anilines is 1. The van der Waals surface area contributed by atoms with E-state index < -0.39 is 23.7 Å². The Balaban J connectivity index is 1.92. The van der Waals surface area contributed by atoms with Crippen LogP contribution in [0.1, 0.15) is 47.1 Å². The van der Waals surface area contributed by atoms with Gasteiger partial charge in [-0.2, -0.15) is 0 Å². The summed E-state index contributed by atoms with van der Waals surface area (Å²) in [5, 5.41) is 2.77. The summed E-state index contributed by atoms with van der Waals surface area (Å²) >= 11 is 0. The molecule has 0 saturated carbocycles. The first-order chi connectivity index (χ1) is 16.1. The first-order valence-corrected chi connectivity index (χ1v) is 10.4. The molecule has 0 saturated heterocycles. The van der Waals surface area contributed by atoms with Gasteiger partial charge in [0.2, 0.25) is 0 Å². The minimum Gasteiger partial charge on any atom is -0.370 e. The molecule has 3 aromatic rings. The van der Waals surface area contributed by atoms with Gasteiger partial charge in [0.05, 0.1) is 23.8 Å². The molecule has 0 fully saturated rings. The van der Waals surface area contributed by atoms with Crippen molar-refractivity contribution in [3.05, 3.63) is 89.1 Å². The van der Waals surface area contributed by atoms with Crippen LogP contribution in [-0.4, -0.2) is 33.8 Å². The van der Waals surface area contributed by atoms with E-state index >= 15 is 0 Å². The average Bonchev–Trinajstić information content (AvgIpc) is 2.82. The second-order valence-electron chi connectivity index (χ2n) is 7.72. The molecule has 0 aliphatic carbocycles. The number of amides is 1. The third-order valence-electron chi connectivity index (χ3n) is 5.26. The Labute approximate surface area is 195 Å². The van der Waals surface area contributed by atoms with Crippen LogP contribution in [0, 0.1) is 5.82 Å². The largest absolute Gasteiger partial charge is 0.370 e. The third-order valence-corrected chi connectivity index (χ3v) is 5.26. The molecule has 34 heavy (non-hydrogen) atoms. The highest BCUT2D eigenvalue weighted by Crippen LogP contribution is 2.28. The molecule has 0 aliphatic rings. The number of carbonyl (C=O) groups is 1. The normalized spacial score (nSPS) is 12.8. The standard InChI is InChI=1S/C24H25F3N6O/c1-15(19-6-4-5-7-20(19)25)33(14-18-10-9-17(13-30-18)24(2,26)27)22(34)16-8-11-21(31-12-16)32-23(28)29-3/h4-13,15H,14H2,1-3H3,(H3,28,29,31,32)/t15-/m1/s1. The van der Waals surface area contributed by atoms with E-state index in [2.05, 4.69) is 20.3 Å². The van der Waals surface area contributed by atoms with Gasteiger partial charge in [-0.25, -0.2) is 18.2 Å². The van der Waals surface area contributed by atoms with Crippen LogP contribution in [0.3, 0.4) is 0 Å². The first kappa shape index (κ1) is 24.7. The van der Waals surface area contributed by atoms with Crippen LogP contribution in [0.15, 0.2) is 65.9 Å². The number of benzene rings is 1. The molecule has 178 valence electrons. The van der Waals surface area contributed by atoms with Crippen LogP contribution >= 0.6 is 0 Å². The zero-order chi connectivity index (χ0) is 24.9. The van der Waals surface area contributed by atoms with Gasteiger partial charge in [-0.05, 0) is 37.3 Å². The fraction of sp³-hybridized carbons (Fsp3) is 0.250. The van der Waals surface area contributed by atoms with Crippen molar-refractivity contribution in [3.8, 4) is 0 Å². The number of hydrogen-bond donors (Lipinski definition) is 2. The van der Waals surface area contributed by atoms with Crippen LogP contribution in [0.5, 0.6) is 0 Å². The Morgan fingerprint density at radius 2 is 1.88 bits per heavy atom. The van der Waals surface area contributed by atoms with Crippen LogP contribution in [0.4, 0.5) is 19.0 Å². The van der Waals surface area contributed by atoms with E-state index in [-0.39, 0.29) is 23.6 Å². The quantitative estimate of drug-likeness (QED) is 0.392. The van der Waals surface area contributed by atoms with Gasteiger partial charge in [0.25, 0.3) is 11.8 Å². The zero-order valence-corrected chi connectivity index (χ0v) is 19.0. The highest BCUT2D eigenvalue weighted by atomic mass is 19.3. The molecule has 0 radical (unpaired) electrons. The van der Waals surface area contributed by atoms with Crippen molar-refractivity contribution in [2.45, 2.75) is 32.4 Å². The summed E-state index contributed by atoms with van der Waals surface area (Å²) < 4.78 is 41.6. The second kappa shape index (κ2) is 10.3. The summed E-state index contributed by atoms with van der Waals surface area (Å²) in [5.74, 6) is -3.37. The van der Waals surface area contributed by atoms with E-state index in [1.807, 2.05) is 0 Å². The summed E-state index contributed by atoms with van der Waals surface area (Å²) in [6, 6.07) is 11.3. The van der Waals surface area contributed by atoms with E-state index in [1.54, 1.807) is 37.3 Å². The van der Waals surface area contributed by atoms with Gasteiger partial charge in [0.15, 0.2) is 5.96 Å². The number of rotatable bonds is 7. The number of pyridine rings is 2. The molecule has 0 bridgehead atoms. The van der Waals surface area contributed by atoms with Gasteiger partial charge in [-0.15, -0.1) is 0 Å². The topological polar surface area (TPSA) is 96.5 Å². The van der Waals surface area contributed by atoms with Gasteiger partial charge in [-0.3, -0.25) is 14.8 Å². The van der Waals surface area contributed by atoms with E-state index in [1.165, 1.54) is 36.3 Å². The van der Waals surface area contributed by atoms with Crippen molar-refractivity contribution >= 4 is 17.7 Å². The lowest BCUT2D eigenvalue weighted by Gasteiger charge is -2.30. The van der Waals surface area contributed by atoms with Crippen molar-refractivity contribution in [1.29, 1.82) is 0 Å². The molecule has 1 amide bonds. The van der Waals surface area contributed by atoms with E-state index in [4.69, 9.17) is 5.73 Å². The summed E-state index contributed by atoms with van der Waals surface area (Å²) in [4.78, 5) is 26.9. The summed E-state index contributed by atoms with van der Waals surface area (Å²) in [7, 11) is 1.52. The first-order valence-electron chi connectivity index (χ1n) is 10.4. The van der Waals surface area contributed by atoms with Gasteiger partial charge >= 0.3 is 0 Å². The van der Waals surface area contributed by atoms with E-state index in [0.717, 1.165) is 13.1 Å². The summed E-state index contributed by atoms with van der Waals surface area (Å²) in [5.41, 5.74) is 6.33. The van der Waals surface area contributed by atoms with Gasteiger partial charge in [0.1, 0.15) is 11.6 Å². The van der Waals surface area contributed by atoms with Crippen LogP contribution in [0.2, 0.25) is 0 Å². The maximum atomic E-state index is 14.5. The highest BCUT2D eigenvalue weighted by molar-refractivity contribution is 5.95. The lowest BCUT2D eigenvalue weighted by molar-refractivity contribution is 0.0170. The number of nitrogens with zero attached hydrogens (tertiary/aromatic N) is 4. The lowest BCUT2D eigenvalue weighted by atomic mass is 10.0. The molecular weight excluding hydrogens is 445 g/mol. The monoisotopic (exact) mass is 470 g/mol.